The minimum atomic E-state index is -0.0755. The van der Waals surface area contributed by atoms with Gasteiger partial charge in [-0.2, -0.15) is 0 Å². The number of carbonyl (C=O) groups excluding carboxylic acids is 1. The molecular formula is C17H26N2O. The van der Waals surface area contributed by atoms with Crippen LogP contribution in [0.4, 0.5) is 0 Å². The number of nitrogens with one attached hydrogen (secondary N) is 1. The third kappa shape index (κ3) is 3.60. The molecule has 1 saturated carbocycles. The van der Waals surface area contributed by atoms with Gasteiger partial charge in [-0.25, -0.2) is 0 Å². The Morgan fingerprint density at radius 1 is 1.40 bits per heavy atom. The van der Waals surface area contributed by atoms with E-state index in [1.807, 2.05) is 6.92 Å². The number of benzene rings is 1. The fourth-order valence-corrected chi connectivity index (χ4v) is 3.23. The molecule has 3 heteroatoms. The lowest BCUT2D eigenvalue weighted by Crippen LogP contribution is -2.40. The number of nitrogens with two attached hydrogens (primary N) is 1. The van der Waals surface area contributed by atoms with Gasteiger partial charge in [-0.3, -0.25) is 4.79 Å². The molecular weight excluding hydrogens is 248 g/mol. The molecule has 0 aliphatic heterocycles. The molecule has 3 N–H and O–H groups in total. The number of aryl methyl sites for hydroxylation is 1. The summed E-state index contributed by atoms with van der Waals surface area (Å²) in [6.07, 6.45) is 5.22. The van der Waals surface area contributed by atoms with Gasteiger partial charge in [0.25, 0.3) is 0 Å². The average molecular weight is 274 g/mol. The zero-order valence-electron chi connectivity index (χ0n) is 12.6. The zero-order chi connectivity index (χ0) is 14.6. The average Bonchev–Trinajstić information content (AvgIpc) is 2.86. The Balaban J connectivity index is 2.08. The highest BCUT2D eigenvalue weighted by molar-refractivity contribution is 5.76. The standard InChI is InChI=1S/C17H26N2O/c1-13-6-5-7-15(10-13)17(8-3-4-9-17)12-19-16(20)11-14(2)18/h5-7,10,14H,3-4,8-9,11-12,18H2,1-2H3,(H,19,20). The maximum absolute atomic E-state index is 11.9. The van der Waals surface area contributed by atoms with Gasteiger partial charge in [0.1, 0.15) is 0 Å². The van der Waals surface area contributed by atoms with Gasteiger partial charge in [0.2, 0.25) is 5.91 Å². The van der Waals surface area contributed by atoms with Crippen LogP contribution in [0.5, 0.6) is 0 Å². The largest absolute Gasteiger partial charge is 0.355 e. The van der Waals surface area contributed by atoms with Gasteiger partial charge < -0.3 is 11.1 Å². The molecule has 1 fully saturated rings. The van der Waals surface area contributed by atoms with Gasteiger partial charge in [0.05, 0.1) is 0 Å². The molecule has 1 aromatic carbocycles. The van der Waals surface area contributed by atoms with Crippen LogP contribution in [0.2, 0.25) is 0 Å². The van der Waals surface area contributed by atoms with Crippen molar-refractivity contribution in [1.82, 2.24) is 5.32 Å². The van der Waals surface area contributed by atoms with Crippen molar-refractivity contribution in [2.24, 2.45) is 5.73 Å². The monoisotopic (exact) mass is 274 g/mol. The van der Waals surface area contributed by atoms with Gasteiger partial charge in [0.15, 0.2) is 0 Å². The number of amides is 1. The molecule has 0 bridgehead atoms. The van der Waals surface area contributed by atoms with E-state index in [-0.39, 0.29) is 17.4 Å². The first-order chi connectivity index (χ1) is 9.52. The molecule has 0 radical (unpaired) electrons. The smallest absolute Gasteiger partial charge is 0.221 e. The van der Waals surface area contributed by atoms with Crippen LogP contribution in [0.1, 0.15) is 50.2 Å². The van der Waals surface area contributed by atoms with E-state index in [1.165, 1.54) is 24.0 Å². The lowest BCUT2D eigenvalue weighted by Gasteiger charge is -2.30. The Morgan fingerprint density at radius 2 is 2.10 bits per heavy atom. The van der Waals surface area contributed by atoms with Crippen LogP contribution in [0.25, 0.3) is 0 Å². The van der Waals surface area contributed by atoms with E-state index < -0.39 is 0 Å². The minimum Gasteiger partial charge on any atom is -0.355 e. The molecule has 1 aromatic rings. The predicted octanol–water partition coefficient (Wildman–Crippen LogP) is 2.66. The molecule has 0 heterocycles. The second-order valence-corrected chi connectivity index (χ2v) is 6.32. The predicted molar refractivity (Wildman–Crippen MR) is 82.6 cm³/mol. The number of hydrogen-bond donors (Lipinski definition) is 2. The first kappa shape index (κ1) is 15.0. The van der Waals surface area contributed by atoms with Gasteiger partial charge in [-0.05, 0) is 32.3 Å². The molecule has 1 unspecified atom stereocenters. The molecule has 0 aromatic heterocycles. The second-order valence-electron chi connectivity index (χ2n) is 6.32. The molecule has 1 aliphatic rings. The van der Waals surface area contributed by atoms with Crippen LogP contribution in [0.15, 0.2) is 24.3 Å². The summed E-state index contributed by atoms with van der Waals surface area (Å²) in [6, 6.07) is 8.64. The summed E-state index contributed by atoms with van der Waals surface area (Å²) in [7, 11) is 0. The van der Waals surface area contributed by atoms with Crippen molar-refractivity contribution in [2.45, 2.75) is 57.4 Å². The first-order valence-electron chi connectivity index (χ1n) is 7.61. The highest BCUT2D eigenvalue weighted by Crippen LogP contribution is 2.40. The van der Waals surface area contributed by atoms with E-state index >= 15 is 0 Å². The Kier molecular flexibility index (Phi) is 4.81. The van der Waals surface area contributed by atoms with Crippen molar-refractivity contribution in [2.75, 3.05) is 6.54 Å². The number of carbonyl (C=O) groups is 1. The topological polar surface area (TPSA) is 55.1 Å². The summed E-state index contributed by atoms with van der Waals surface area (Å²) in [5, 5.41) is 3.10. The van der Waals surface area contributed by atoms with Crippen LogP contribution >= 0.6 is 0 Å². The van der Waals surface area contributed by atoms with Crippen molar-refractivity contribution in [3.05, 3.63) is 35.4 Å². The maximum atomic E-state index is 11.9. The summed E-state index contributed by atoms with van der Waals surface area (Å²) in [5.41, 5.74) is 8.46. The van der Waals surface area contributed by atoms with E-state index in [4.69, 9.17) is 5.73 Å². The zero-order valence-corrected chi connectivity index (χ0v) is 12.6. The van der Waals surface area contributed by atoms with E-state index in [2.05, 4.69) is 36.5 Å². The van der Waals surface area contributed by atoms with E-state index in [9.17, 15) is 4.79 Å². The van der Waals surface area contributed by atoms with Gasteiger partial charge in [0, 0.05) is 24.4 Å². The summed E-state index contributed by atoms with van der Waals surface area (Å²) in [4.78, 5) is 11.9. The highest BCUT2D eigenvalue weighted by atomic mass is 16.1. The van der Waals surface area contributed by atoms with Crippen LogP contribution in [-0.4, -0.2) is 18.5 Å². The fourth-order valence-electron chi connectivity index (χ4n) is 3.23. The Bertz CT molecular complexity index is 462. The van der Waals surface area contributed by atoms with Crippen molar-refractivity contribution in [1.29, 1.82) is 0 Å². The summed E-state index contributed by atoms with van der Waals surface area (Å²) >= 11 is 0. The lowest BCUT2D eigenvalue weighted by atomic mass is 9.78. The Hall–Kier alpha value is -1.35. The first-order valence-corrected chi connectivity index (χ1v) is 7.61. The summed E-state index contributed by atoms with van der Waals surface area (Å²) < 4.78 is 0. The Morgan fingerprint density at radius 3 is 2.70 bits per heavy atom. The highest BCUT2D eigenvalue weighted by Gasteiger charge is 2.35. The van der Waals surface area contributed by atoms with E-state index in [0.717, 1.165) is 19.4 Å². The molecule has 2 rings (SSSR count). The third-order valence-electron chi connectivity index (χ3n) is 4.32. The molecule has 0 saturated heterocycles. The summed E-state index contributed by atoms with van der Waals surface area (Å²) in [6.45, 7) is 4.73. The van der Waals surface area contributed by atoms with Crippen molar-refractivity contribution in [3.8, 4) is 0 Å². The molecule has 0 spiro atoms. The SMILES string of the molecule is Cc1cccc(C2(CNC(=O)CC(C)N)CCCC2)c1. The Labute approximate surface area is 121 Å². The van der Waals surface area contributed by atoms with Crippen LogP contribution in [0, 0.1) is 6.92 Å². The molecule has 20 heavy (non-hydrogen) atoms. The van der Waals surface area contributed by atoms with Crippen molar-refractivity contribution >= 4 is 5.91 Å². The lowest BCUT2D eigenvalue weighted by molar-refractivity contribution is -0.121. The van der Waals surface area contributed by atoms with Crippen molar-refractivity contribution < 1.29 is 4.79 Å². The maximum Gasteiger partial charge on any atom is 0.221 e. The van der Waals surface area contributed by atoms with Gasteiger partial charge in [-0.15, -0.1) is 0 Å². The van der Waals surface area contributed by atoms with E-state index in [0.29, 0.717) is 6.42 Å². The minimum absolute atomic E-state index is 0.0685. The molecule has 1 aliphatic carbocycles. The molecule has 3 nitrogen and oxygen atoms in total. The fraction of sp³-hybridized carbons (Fsp3) is 0.588. The van der Waals surface area contributed by atoms with Crippen LogP contribution < -0.4 is 11.1 Å². The van der Waals surface area contributed by atoms with Crippen LogP contribution in [0.3, 0.4) is 0 Å². The molecule has 110 valence electrons. The second kappa shape index (κ2) is 6.40. The number of hydrogen-bond acceptors (Lipinski definition) is 2. The van der Waals surface area contributed by atoms with E-state index in [1.54, 1.807) is 0 Å². The number of rotatable bonds is 5. The summed E-state index contributed by atoms with van der Waals surface area (Å²) in [5.74, 6) is 0.0685. The normalized spacial score (nSPS) is 18.8. The quantitative estimate of drug-likeness (QED) is 0.867. The van der Waals surface area contributed by atoms with Gasteiger partial charge >= 0.3 is 0 Å². The van der Waals surface area contributed by atoms with Crippen LogP contribution in [-0.2, 0) is 10.2 Å². The molecule has 1 amide bonds. The van der Waals surface area contributed by atoms with Gasteiger partial charge in [-0.1, -0.05) is 42.7 Å². The molecule has 1 atom stereocenters. The van der Waals surface area contributed by atoms with Crippen molar-refractivity contribution in [3.63, 3.8) is 0 Å². The third-order valence-corrected chi connectivity index (χ3v) is 4.32.